The van der Waals surface area contributed by atoms with Gasteiger partial charge in [0.05, 0.1) is 0 Å². The number of carbonyl (C=O) groups excluding carboxylic acids is 2. The number of carbonyl (C=O) groups is 2. The van der Waals surface area contributed by atoms with Crippen LogP contribution in [0.2, 0.25) is 0 Å². The molecule has 0 saturated carbocycles. The number of hydrogen-bond acceptors (Lipinski definition) is 2. The lowest BCUT2D eigenvalue weighted by Crippen LogP contribution is -2.11. The van der Waals surface area contributed by atoms with Crippen molar-refractivity contribution in [3.05, 3.63) is 71.3 Å². The lowest BCUT2D eigenvalue weighted by atomic mass is 10.1. The van der Waals surface area contributed by atoms with E-state index in [0.717, 1.165) is 11.1 Å². The molecule has 21 heavy (non-hydrogen) atoms. The number of nitrogens with two attached hydrogens (primary N) is 1. The number of anilines is 1. The molecule has 0 saturated heterocycles. The van der Waals surface area contributed by atoms with Gasteiger partial charge in [0.25, 0.3) is 0 Å². The highest BCUT2D eigenvalue weighted by Gasteiger charge is 2.01. The summed E-state index contributed by atoms with van der Waals surface area (Å²) in [5.41, 5.74) is 8.27. The van der Waals surface area contributed by atoms with Crippen molar-refractivity contribution in [3.63, 3.8) is 0 Å². The quantitative estimate of drug-likeness (QED) is 0.845. The average molecular weight is 280 g/mol. The summed E-state index contributed by atoms with van der Waals surface area (Å²) in [6.07, 6.45) is 3.24. The predicted molar refractivity (Wildman–Crippen MR) is 83.8 cm³/mol. The van der Waals surface area contributed by atoms with Crippen LogP contribution in [0.15, 0.2) is 54.6 Å². The first kappa shape index (κ1) is 14.5. The molecule has 2 aromatic carbocycles. The number of rotatable bonds is 4. The summed E-state index contributed by atoms with van der Waals surface area (Å²) in [7, 11) is 0. The van der Waals surface area contributed by atoms with Crippen LogP contribution in [0.4, 0.5) is 5.69 Å². The third-order valence-corrected chi connectivity index (χ3v) is 3.04. The Bertz CT molecular complexity index is 688. The minimum absolute atomic E-state index is 0.231. The van der Waals surface area contributed by atoms with Gasteiger partial charge in [-0.3, -0.25) is 9.59 Å². The minimum Gasteiger partial charge on any atom is -0.366 e. The maximum absolute atomic E-state index is 11.8. The Balaban J connectivity index is 2.02. The molecule has 3 N–H and O–H groups in total. The zero-order chi connectivity index (χ0) is 15.2. The van der Waals surface area contributed by atoms with E-state index in [9.17, 15) is 9.59 Å². The molecule has 2 aromatic rings. The van der Waals surface area contributed by atoms with Crippen LogP contribution in [-0.2, 0) is 4.79 Å². The summed E-state index contributed by atoms with van der Waals surface area (Å²) in [4.78, 5) is 22.8. The highest BCUT2D eigenvalue weighted by atomic mass is 16.1. The monoisotopic (exact) mass is 280 g/mol. The third-order valence-electron chi connectivity index (χ3n) is 3.04. The van der Waals surface area contributed by atoms with E-state index in [2.05, 4.69) is 5.32 Å². The molecule has 0 aromatic heterocycles. The van der Waals surface area contributed by atoms with Crippen molar-refractivity contribution in [2.45, 2.75) is 6.92 Å². The van der Waals surface area contributed by atoms with Crippen molar-refractivity contribution in [2.75, 3.05) is 5.32 Å². The predicted octanol–water partition coefficient (Wildman–Crippen LogP) is 2.75. The fraction of sp³-hybridized carbons (Fsp3) is 0.0588. The van der Waals surface area contributed by atoms with E-state index < -0.39 is 5.91 Å². The van der Waals surface area contributed by atoms with E-state index in [-0.39, 0.29) is 5.91 Å². The number of nitrogens with one attached hydrogen (secondary N) is 1. The molecule has 4 heteroatoms. The van der Waals surface area contributed by atoms with Crippen LogP contribution in [-0.4, -0.2) is 11.8 Å². The largest absolute Gasteiger partial charge is 0.366 e. The fourth-order valence-electron chi connectivity index (χ4n) is 1.84. The van der Waals surface area contributed by atoms with Gasteiger partial charge in [0, 0.05) is 17.3 Å². The first-order valence-corrected chi connectivity index (χ1v) is 6.51. The van der Waals surface area contributed by atoms with Crippen molar-refractivity contribution in [2.24, 2.45) is 5.73 Å². The Morgan fingerprint density at radius 3 is 2.33 bits per heavy atom. The third kappa shape index (κ3) is 4.04. The summed E-state index contributed by atoms with van der Waals surface area (Å²) >= 11 is 0. The van der Waals surface area contributed by atoms with E-state index in [1.165, 1.54) is 6.08 Å². The number of hydrogen-bond donors (Lipinski definition) is 2. The maximum atomic E-state index is 11.8. The molecular weight excluding hydrogens is 264 g/mol. The molecular formula is C17H16N2O2. The second kappa shape index (κ2) is 6.52. The Morgan fingerprint density at radius 2 is 1.71 bits per heavy atom. The number of aryl methyl sites for hydroxylation is 1. The standard InChI is InChI=1S/C17H16N2O2/c1-12-4-2-3-5-13(12)8-11-16(20)19-15-9-6-14(7-10-15)17(18)21/h2-11H,1H3,(H2,18,21)(H,19,20)/b11-8+. The van der Waals surface area contributed by atoms with Gasteiger partial charge in [-0.25, -0.2) is 0 Å². The van der Waals surface area contributed by atoms with Crippen LogP contribution in [0.25, 0.3) is 6.08 Å². The zero-order valence-electron chi connectivity index (χ0n) is 11.7. The van der Waals surface area contributed by atoms with Gasteiger partial charge >= 0.3 is 0 Å². The number of amides is 2. The molecule has 0 atom stereocenters. The molecule has 0 bridgehead atoms. The molecule has 2 amide bonds. The zero-order valence-corrected chi connectivity index (χ0v) is 11.7. The smallest absolute Gasteiger partial charge is 0.248 e. The van der Waals surface area contributed by atoms with Crippen molar-refractivity contribution < 1.29 is 9.59 Å². The fourth-order valence-corrected chi connectivity index (χ4v) is 1.84. The average Bonchev–Trinajstić information content (AvgIpc) is 2.47. The lowest BCUT2D eigenvalue weighted by Gasteiger charge is -2.03. The summed E-state index contributed by atoms with van der Waals surface area (Å²) in [5, 5.41) is 2.72. The molecule has 0 aliphatic carbocycles. The van der Waals surface area contributed by atoms with Crippen molar-refractivity contribution in [1.29, 1.82) is 0 Å². The molecule has 0 heterocycles. The van der Waals surface area contributed by atoms with Gasteiger partial charge in [0.15, 0.2) is 0 Å². The summed E-state index contributed by atoms with van der Waals surface area (Å²) in [6, 6.07) is 14.2. The van der Waals surface area contributed by atoms with Crippen molar-refractivity contribution in [1.82, 2.24) is 0 Å². The van der Waals surface area contributed by atoms with Crippen LogP contribution >= 0.6 is 0 Å². The van der Waals surface area contributed by atoms with E-state index in [0.29, 0.717) is 11.3 Å². The second-order valence-corrected chi connectivity index (χ2v) is 4.62. The van der Waals surface area contributed by atoms with Gasteiger partial charge < -0.3 is 11.1 Å². The van der Waals surface area contributed by atoms with E-state index in [1.54, 1.807) is 30.3 Å². The summed E-state index contributed by atoms with van der Waals surface area (Å²) in [5.74, 6) is -0.725. The molecule has 4 nitrogen and oxygen atoms in total. The Kier molecular flexibility index (Phi) is 4.51. The van der Waals surface area contributed by atoms with Gasteiger partial charge in [-0.05, 0) is 48.4 Å². The molecule has 106 valence electrons. The number of benzene rings is 2. The molecule has 0 aliphatic rings. The van der Waals surface area contributed by atoms with Crippen LogP contribution < -0.4 is 11.1 Å². The Labute approximate surface area is 123 Å². The summed E-state index contributed by atoms with van der Waals surface area (Å²) in [6.45, 7) is 1.99. The molecule has 0 aliphatic heterocycles. The van der Waals surface area contributed by atoms with Gasteiger partial charge in [0.2, 0.25) is 11.8 Å². The van der Waals surface area contributed by atoms with E-state index in [1.807, 2.05) is 31.2 Å². The SMILES string of the molecule is Cc1ccccc1/C=C/C(=O)Nc1ccc(C(N)=O)cc1. The van der Waals surface area contributed by atoms with Crippen molar-refractivity contribution in [3.8, 4) is 0 Å². The molecule has 0 unspecified atom stereocenters. The molecule has 2 rings (SSSR count). The Morgan fingerprint density at radius 1 is 1.05 bits per heavy atom. The topological polar surface area (TPSA) is 72.2 Å². The van der Waals surface area contributed by atoms with Gasteiger partial charge in [-0.15, -0.1) is 0 Å². The molecule has 0 spiro atoms. The highest BCUT2D eigenvalue weighted by Crippen LogP contribution is 2.11. The molecule has 0 radical (unpaired) electrons. The number of primary amides is 1. The first-order valence-electron chi connectivity index (χ1n) is 6.51. The van der Waals surface area contributed by atoms with Crippen molar-refractivity contribution >= 4 is 23.6 Å². The van der Waals surface area contributed by atoms with E-state index >= 15 is 0 Å². The van der Waals surface area contributed by atoms with Gasteiger partial charge in [0.1, 0.15) is 0 Å². The lowest BCUT2D eigenvalue weighted by molar-refractivity contribution is -0.111. The molecule has 0 fully saturated rings. The minimum atomic E-state index is -0.493. The van der Waals surface area contributed by atoms with E-state index in [4.69, 9.17) is 5.73 Å². The van der Waals surface area contributed by atoms with Crippen LogP contribution in [0, 0.1) is 6.92 Å². The second-order valence-electron chi connectivity index (χ2n) is 4.62. The normalized spacial score (nSPS) is 10.5. The van der Waals surface area contributed by atoms with Crippen LogP contribution in [0.5, 0.6) is 0 Å². The first-order chi connectivity index (χ1) is 10.1. The van der Waals surface area contributed by atoms with Crippen LogP contribution in [0.1, 0.15) is 21.5 Å². The Hall–Kier alpha value is -2.88. The summed E-state index contributed by atoms with van der Waals surface area (Å²) < 4.78 is 0. The van der Waals surface area contributed by atoms with Crippen LogP contribution in [0.3, 0.4) is 0 Å². The van der Waals surface area contributed by atoms with Gasteiger partial charge in [-0.1, -0.05) is 24.3 Å². The van der Waals surface area contributed by atoms with Gasteiger partial charge in [-0.2, -0.15) is 0 Å². The maximum Gasteiger partial charge on any atom is 0.248 e. The highest BCUT2D eigenvalue weighted by molar-refractivity contribution is 6.02.